The van der Waals surface area contributed by atoms with Crippen LogP contribution < -0.4 is 5.32 Å². The number of esters is 1. The molecular formula is C17H16INO3. The predicted octanol–water partition coefficient (Wildman–Crippen LogP) is 3.33. The molecule has 0 spiro atoms. The minimum Gasteiger partial charge on any atom is -0.452 e. The fourth-order valence-electron chi connectivity index (χ4n) is 1.94. The number of carbonyl (C=O) groups is 2. The summed E-state index contributed by atoms with van der Waals surface area (Å²) in [5.74, 6) is -0.823. The monoisotopic (exact) mass is 409 g/mol. The Labute approximate surface area is 143 Å². The number of rotatable bonds is 5. The van der Waals surface area contributed by atoms with Gasteiger partial charge in [0.25, 0.3) is 5.91 Å². The summed E-state index contributed by atoms with van der Waals surface area (Å²) in [7, 11) is 0. The molecular weight excluding hydrogens is 393 g/mol. The number of hydrogen-bond donors (Lipinski definition) is 1. The maximum Gasteiger partial charge on any atom is 0.338 e. The van der Waals surface area contributed by atoms with Gasteiger partial charge >= 0.3 is 5.97 Å². The molecule has 0 saturated heterocycles. The van der Waals surface area contributed by atoms with Crippen molar-refractivity contribution < 1.29 is 14.3 Å². The molecule has 0 heterocycles. The zero-order chi connectivity index (χ0) is 15.9. The van der Waals surface area contributed by atoms with E-state index in [1.165, 1.54) is 0 Å². The third-order valence-corrected chi connectivity index (χ3v) is 3.74. The van der Waals surface area contributed by atoms with Crippen LogP contribution in [0.1, 0.15) is 28.9 Å². The lowest BCUT2D eigenvalue weighted by molar-refractivity contribution is -0.124. The third-order valence-electron chi connectivity index (χ3n) is 3.07. The van der Waals surface area contributed by atoms with Crippen LogP contribution in [0, 0.1) is 3.57 Å². The standard InChI is InChI=1S/C17H16INO3/c1-12(13-6-3-2-4-7-13)19-16(20)11-22-17(21)14-8-5-9-15(18)10-14/h2-10,12H,11H2,1H3,(H,19,20)/t12-/m1/s1. The smallest absolute Gasteiger partial charge is 0.338 e. The van der Waals surface area contributed by atoms with Gasteiger partial charge in [0.1, 0.15) is 0 Å². The van der Waals surface area contributed by atoms with Crippen molar-refractivity contribution in [2.24, 2.45) is 0 Å². The van der Waals surface area contributed by atoms with E-state index in [2.05, 4.69) is 27.9 Å². The first kappa shape index (κ1) is 16.5. The molecule has 2 aromatic carbocycles. The van der Waals surface area contributed by atoms with Crippen molar-refractivity contribution >= 4 is 34.5 Å². The number of amides is 1. The van der Waals surface area contributed by atoms with Crippen LogP contribution >= 0.6 is 22.6 Å². The average molecular weight is 409 g/mol. The van der Waals surface area contributed by atoms with E-state index in [4.69, 9.17) is 4.74 Å². The molecule has 1 amide bonds. The molecule has 2 rings (SSSR count). The molecule has 0 radical (unpaired) electrons. The van der Waals surface area contributed by atoms with E-state index >= 15 is 0 Å². The molecule has 114 valence electrons. The molecule has 0 aliphatic rings. The number of carbonyl (C=O) groups excluding carboxylic acids is 2. The first-order valence-corrected chi connectivity index (χ1v) is 7.91. The molecule has 0 aliphatic carbocycles. The summed E-state index contributed by atoms with van der Waals surface area (Å²) in [6.45, 7) is 1.59. The van der Waals surface area contributed by atoms with Gasteiger partial charge in [-0.2, -0.15) is 0 Å². The lowest BCUT2D eigenvalue weighted by Crippen LogP contribution is -2.31. The van der Waals surface area contributed by atoms with Crippen molar-refractivity contribution in [2.45, 2.75) is 13.0 Å². The van der Waals surface area contributed by atoms with Crippen LogP contribution in [-0.2, 0) is 9.53 Å². The Balaban J connectivity index is 1.84. The highest BCUT2D eigenvalue weighted by atomic mass is 127. The van der Waals surface area contributed by atoms with E-state index in [1.807, 2.05) is 43.3 Å². The number of ether oxygens (including phenoxy) is 1. The first-order chi connectivity index (χ1) is 10.6. The van der Waals surface area contributed by atoms with Gasteiger partial charge in [-0.3, -0.25) is 4.79 Å². The van der Waals surface area contributed by atoms with E-state index in [1.54, 1.807) is 18.2 Å². The Morgan fingerprint density at radius 2 is 1.86 bits per heavy atom. The van der Waals surface area contributed by atoms with Crippen molar-refractivity contribution in [1.29, 1.82) is 0 Å². The van der Waals surface area contributed by atoms with Crippen molar-refractivity contribution in [3.05, 3.63) is 69.3 Å². The number of halogens is 1. The fraction of sp³-hybridized carbons (Fsp3) is 0.176. The van der Waals surface area contributed by atoms with Crippen molar-refractivity contribution in [1.82, 2.24) is 5.32 Å². The molecule has 22 heavy (non-hydrogen) atoms. The fourth-order valence-corrected chi connectivity index (χ4v) is 2.48. The summed E-state index contributed by atoms with van der Waals surface area (Å²) < 4.78 is 5.97. The van der Waals surface area contributed by atoms with Gasteiger partial charge in [0, 0.05) is 3.57 Å². The summed E-state index contributed by atoms with van der Waals surface area (Å²) in [4.78, 5) is 23.7. The van der Waals surface area contributed by atoms with Crippen LogP contribution in [0.4, 0.5) is 0 Å². The largest absolute Gasteiger partial charge is 0.452 e. The Morgan fingerprint density at radius 3 is 2.55 bits per heavy atom. The maximum absolute atomic E-state index is 11.9. The van der Waals surface area contributed by atoms with Crippen LogP contribution in [0.3, 0.4) is 0 Å². The molecule has 5 heteroatoms. The van der Waals surface area contributed by atoms with E-state index in [9.17, 15) is 9.59 Å². The topological polar surface area (TPSA) is 55.4 Å². The SMILES string of the molecule is C[C@@H](NC(=O)COC(=O)c1cccc(I)c1)c1ccccc1. The molecule has 0 fully saturated rings. The van der Waals surface area contributed by atoms with Crippen LogP contribution in [0.2, 0.25) is 0 Å². The van der Waals surface area contributed by atoms with E-state index in [0.717, 1.165) is 9.13 Å². The Bertz CT molecular complexity index is 658. The summed E-state index contributed by atoms with van der Waals surface area (Å²) in [6, 6.07) is 16.5. The van der Waals surface area contributed by atoms with E-state index < -0.39 is 5.97 Å². The van der Waals surface area contributed by atoms with Crippen molar-refractivity contribution in [2.75, 3.05) is 6.61 Å². The van der Waals surface area contributed by atoms with Gasteiger partial charge in [0.15, 0.2) is 6.61 Å². The van der Waals surface area contributed by atoms with Crippen LogP contribution in [0.15, 0.2) is 54.6 Å². The van der Waals surface area contributed by atoms with Gasteiger partial charge in [-0.15, -0.1) is 0 Å². The van der Waals surface area contributed by atoms with Crippen molar-refractivity contribution in [3.63, 3.8) is 0 Å². The zero-order valence-corrected chi connectivity index (χ0v) is 14.2. The summed E-state index contributed by atoms with van der Waals surface area (Å²) in [5.41, 5.74) is 1.44. The van der Waals surface area contributed by atoms with Gasteiger partial charge in [0.2, 0.25) is 0 Å². The summed E-state index contributed by atoms with van der Waals surface area (Å²) in [6.07, 6.45) is 0. The van der Waals surface area contributed by atoms with Gasteiger partial charge in [0.05, 0.1) is 11.6 Å². The predicted molar refractivity (Wildman–Crippen MR) is 92.4 cm³/mol. The first-order valence-electron chi connectivity index (χ1n) is 6.83. The number of benzene rings is 2. The van der Waals surface area contributed by atoms with Gasteiger partial charge < -0.3 is 10.1 Å². The molecule has 0 saturated carbocycles. The second kappa shape index (κ2) is 7.93. The molecule has 0 aliphatic heterocycles. The molecule has 1 N–H and O–H groups in total. The van der Waals surface area contributed by atoms with Gasteiger partial charge in [-0.25, -0.2) is 4.79 Å². The Hall–Kier alpha value is -1.89. The highest BCUT2D eigenvalue weighted by molar-refractivity contribution is 14.1. The lowest BCUT2D eigenvalue weighted by atomic mass is 10.1. The molecule has 2 aromatic rings. The van der Waals surface area contributed by atoms with Gasteiger partial charge in [-0.1, -0.05) is 36.4 Å². The second-order valence-corrected chi connectivity index (χ2v) is 6.03. The molecule has 0 unspecified atom stereocenters. The van der Waals surface area contributed by atoms with E-state index in [0.29, 0.717) is 5.56 Å². The minimum absolute atomic E-state index is 0.134. The quantitative estimate of drug-likeness (QED) is 0.609. The Kier molecular flexibility index (Phi) is 5.94. The minimum atomic E-state index is -0.499. The zero-order valence-electron chi connectivity index (χ0n) is 12.1. The maximum atomic E-state index is 11.9. The Morgan fingerprint density at radius 1 is 1.14 bits per heavy atom. The molecule has 1 atom stereocenters. The third kappa shape index (κ3) is 4.84. The normalized spacial score (nSPS) is 11.5. The highest BCUT2D eigenvalue weighted by Crippen LogP contribution is 2.11. The molecule has 0 aromatic heterocycles. The average Bonchev–Trinajstić information content (AvgIpc) is 2.53. The number of hydrogen-bond acceptors (Lipinski definition) is 3. The van der Waals surface area contributed by atoms with Crippen LogP contribution in [-0.4, -0.2) is 18.5 Å². The van der Waals surface area contributed by atoms with Crippen molar-refractivity contribution in [3.8, 4) is 0 Å². The lowest BCUT2D eigenvalue weighted by Gasteiger charge is -2.14. The van der Waals surface area contributed by atoms with E-state index in [-0.39, 0.29) is 18.6 Å². The summed E-state index contributed by atoms with van der Waals surface area (Å²) in [5, 5.41) is 2.80. The molecule has 4 nitrogen and oxygen atoms in total. The second-order valence-electron chi connectivity index (χ2n) is 4.79. The van der Waals surface area contributed by atoms with Gasteiger partial charge in [-0.05, 0) is 53.3 Å². The molecule has 0 bridgehead atoms. The highest BCUT2D eigenvalue weighted by Gasteiger charge is 2.13. The van der Waals surface area contributed by atoms with Crippen LogP contribution in [0.5, 0.6) is 0 Å². The van der Waals surface area contributed by atoms with Crippen LogP contribution in [0.25, 0.3) is 0 Å². The number of nitrogens with one attached hydrogen (secondary N) is 1. The summed E-state index contributed by atoms with van der Waals surface area (Å²) >= 11 is 2.12.